The minimum absolute atomic E-state index is 0.0155. The summed E-state index contributed by atoms with van der Waals surface area (Å²) in [6.45, 7) is 0.241. The summed E-state index contributed by atoms with van der Waals surface area (Å²) in [6, 6.07) is 23.4. The van der Waals surface area contributed by atoms with Crippen molar-refractivity contribution < 1.29 is 19.4 Å². The fraction of sp³-hybridized carbons (Fsp3) is 0.231. The van der Waals surface area contributed by atoms with E-state index in [2.05, 4.69) is 0 Å². The van der Waals surface area contributed by atoms with E-state index in [-0.39, 0.29) is 36.4 Å². The lowest BCUT2D eigenvalue weighted by atomic mass is 9.71. The van der Waals surface area contributed by atoms with Crippen molar-refractivity contribution in [1.29, 1.82) is 0 Å². The van der Waals surface area contributed by atoms with Gasteiger partial charge in [0.05, 0.1) is 25.8 Å². The SMILES string of the molecule is COc1cccc(C(=O)N2C[C@H]3[C@@H](c4ccccc42)[C@H](CO)N3C(=O)c2ccccc2)c1. The number of nitrogens with zero attached hydrogens (tertiary/aromatic N) is 2. The molecule has 2 heterocycles. The number of anilines is 1. The number of benzene rings is 3. The van der Waals surface area contributed by atoms with E-state index in [1.165, 1.54) is 0 Å². The van der Waals surface area contributed by atoms with E-state index < -0.39 is 0 Å². The van der Waals surface area contributed by atoms with Crippen molar-refractivity contribution in [2.45, 2.75) is 18.0 Å². The van der Waals surface area contributed by atoms with Crippen LogP contribution in [0.3, 0.4) is 0 Å². The summed E-state index contributed by atoms with van der Waals surface area (Å²) in [7, 11) is 1.57. The summed E-state index contributed by atoms with van der Waals surface area (Å²) in [4.78, 5) is 30.3. The lowest BCUT2D eigenvalue weighted by Gasteiger charge is -2.58. The van der Waals surface area contributed by atoms with Gasteiger partial charge < -0.3 is 19.6 Å². The summed E-state index contributed by atoms with van der Waals surface area (Å²) < 4.78 is 5.29. The lowest BCUT2D eigenvalue weighted by Crippen LogP contribution is -2.70. The van der Waals surface area contributed by atoms with Gasteiger partial charge in [-0.25, -0.2) is 0 Å². The van der Waals surface area contributed by atoms with Crippen LogP contribution >= 0.6 is 0 Å². The molecular formula is C26H24N2O4. The first-order chi connectivity index (χ1) is 15.6. The Hall–Kier alpha value is -3.64. The van der Waals surface area contributed by atoms with E-state index >= 15 is 0 Å². The highest BCUT2D eigenvalue weighted by atomic mass is 16.5. The van der Waals surface area contributed by atoms with Crippen LogP contribution in [0.15, 0.2) is 78.9 Å². The number of rotatable bonds is 4. The Labute approximate surface area is 186 Å². The van der Waals surface area contributed by atoms with Gasteiger partial charge in [-0.05, 0) is 42.0 Å². The molecule has 0 radical (unpaired) electrons. The zero-order valence-electron chi connectivity index (χ0n) is 17.7. The number of carbonyl (C=O) groups excluding carboxylic acids is 2. The molecule has 0 bridgehead atoms. The number of fused-ring (bicyclic) bond motifs is 3. The van der Waals surface area contributed by atoms with Gasteiger partial charge in [-0.2, -0.15) is 0 Å². The number of hydrogen-bond acceptors (Lipinski definition) is 4. The van der Waals surface area contributed by atoms with Crippen molar-refractivity contribution in [1.82, 2.24) is 4.90 Å². The van der Waals surface area contributed by atoms with Crippen molar-refractivity contribution in [3.8, 4) is 5.75 Å². The molecule has 1 saturated heterocycles. The molecule has 162 valence electrons. The zero-order chi connectivity index (χ0) is 22.2. The molecule has 5 rings (SSSR count). The first-order valence-electron chi connectivity index (χ1n) is 10.7. The third kappa shape index (κ3) is 3.15. The van der Waals surface area contributed by atoms with Gasteiger partial charge in [0.2, 0.25) is 0 Å². The third-order valence-corrected chi connectivity index (χ3v) is 6.50. The van der Waals surface area contributed by atoms with E-state index in [0.29, 0.717) is 23.4 Å². The maximum atomic E-state index is 13.5. The molecule has 2 aliphatic heterocycles. The van der Waals surface area contributed by atoms with Crippen molar-refractivity contribution >= 4 is 17.5 Å². The monoisotopic (exact) mass is 428 g/mol. The molecule has 0 aromatic heterocycles. The van der Waals surface area contributed by atoms with Crippen LogP contribution in [0.5, 0.6) is 5.75 Å². The number of aliphatic hydroxyl groups excluding tert-OH is 1. The number of amides is 2. The quantitative estimate of drug-likeness (QED) is 0.692. The molecule has 6 nitrogen and oxygen atoms in total. The predicted octanol–water partition coefficient (Wildman–Crippen LogP) is 3.32. The molecule has 1 fully saturated rings. The summed E-state index contributed by atoms with van der Waals surface area (Å²) in [6.07, 6.45) is 0. The third-order valence-electron chi connectivity index (χ3n) is 6.50. The molecule has 3 aromatic carbocycles. The maximum absolute atomic E-state index is 13.5. The second kappa shape index (κ2) is 8.13. The van der Waals surface area contributed by atoms with E-state index in [1.807, 2.05) is 42.5 Å². The van der Waals surface area contributed by atoms with Crippen molar-refractivity contribution in [2.75, 3.05) is 25.2 Å². The van der Waals surface area contributed by atoms with Gasteiger partial charge in [-0.15, -0.1) is 0 Å². The molecule has 32 heavy (non-hydrogen) atoms. The minimum Gasteiger partial charge on any atom is -0.497 e. The highest BCUT2D eigenvalue weighted by Crippen LogP contribution is 2.48. The van der Waals surface area contributed by atoms with Crippen LogP contribution in [0.2, 0.25) is 0 Å². The van der Waals surface area contributed by atoms with E-state index in [0.717, 1.165) is 11.3 Å². The molecule has 2 aliphatic rings. The van der Waals surface area contributed by atoms with Gasteiger partial charge in [-0.1, -0.05) is 42.5 Å². The van der Waals surface area contributed by atoms with Gasteiger partial charge >= 0.3 is 0 Å². The lowest BCUT2D eigenvalue weighted by molar-refractivity contribution is -0.0246. The molecule has 1 N–H and O–H groups in total. The summed E-state index contributed by atoms with van der Waals surface area (Å²) >= 11 is 0. The van der Waals surface area contributed by atoms with E-state index in [9.17, 15) is 14.7 Å². The molecule has 0 aliphatic carbocycles. The van der Waals surface area contributed by atoms with Crippen LogP contribution in [0.1, 0.15) is 32.2 Å². The Morgan fingerprint density at radius 1 is 0.938 bits per heavy atom. The Bertz CT molecular complexity index is 1160. The molecule has 3 atom stereocenters. The van der Waals surface area contributed by atoms with Gasteiger partial charge in [0.1, 0.15) is 5.75 Å². The van der Waals surface area contributed by atoms with E-state index in [4.69, 9.17) is 4.74 Å². The Kier molecular flexibility index (Phi) is 5.15. The van der Waals surface area contributed by atoms with Gasteiger partial charge in [-0.3, -0.25) is 9.59 Å². The second-order valence-corrected chi connectivity index (χ2v) is 8.13. The molecule has 2 amide bonds. The Morgan fingerprint density at radius 2 is 1.66 bits per heavy atom. The normalized spacial score (nSPS) is 21.2. The van der Waals surface area contributed by atoms with Crippen LogP contribution in [0.4, 0.5) is 5.69 Å². The molecule has 0 unspecified atom stereocenters. The maximum Gasteiger partial charge on any atom is 0.258 e. The number of methoxy groups -OCH3 is 1. The largest absolute Gasteiger partial charge is 0.497 e. The fourth-order valence-corrected chi connectivity index (χ4v) is 5.00. The smallest absolute Gasteiger partial charge is 0.258 e. The van der Waals surface area contributed by atoms with E-state index in [1.54, 1.807) is 53.3 Å². The van der Waals surface area contributed by atoms with Crippen molar-refractivity contribution in [3.05, 3.63) is 95.6 Å². The van der Waals surface area contributed by atoms with Crippen molar-refractivity contribution in [3.63, 3.8) is 0 Å². The van der Waals surface area contributed by atoms with Crippen LogP contribution in [-0.4, -0.2) is 54.2 Å². The number of likely N-dealkylation sites (tertiary alicyclic amines) is 1. The zero-order valence-corrected chi connectivity index (χ0v) is 17.7. The number of para-hydroxylation sites is 1. The predicted molar refractivity (Wildman–Crippen MR) is 121 cm³/mol. The van der Waals surface area contributed by atoms with Crippen LogP contribution in [0.25, 0.3) is 0 Å². The van der Waals surface area contributed by atoms with Crippen molar-refractivity contribution in [2.24, 2.45) is 0 Å². The summed E-state index contributed by atoms with van der Waals surface area (Å²) in [5.41, 5.74) is 2.91. The highest BCUT2D eigenvalue weighted by molar-refractivity contribution is 6.07. The Balaban J connectivity index is 1.53. The molecular weight excluding hydrogens is 404 g/mol. The first-order valence-corrected chi connectivity index (χ1v) is 10.7. The van der Waals surface area contributed by atoms with Crippen LogP contribution in [-0.2, 0) is 0 Å². The number of carbonyl (C=O) groups is 2. The first kappa shape index (κ1) is 20.3. The summed E-state index contributed by atoms with van der Waals surface area (Å²) in [5.74, 6) is 0.329. The molecule has 0 saturated carbocycles. The fourth-order valence-electron chi connectivity index (χ4n) is 5.00. The molecule has 3 aromatic rings. The van der Waals surface area contributed by atoms with Gasteiger partial charge in [0, 0.05) is 29.3 Å². The highest BCUT2D eigenvalue weighted by Gasteiger charge is 2.55. The number of aliphatic hydroxyl groups is 1. The van der Waals surface area contributed by atoms with Crippen LogP contribution in [0, 0.1) is 0 Å². The topological polar surface area (TPSA) is 70.1 Å². The Morgan fingerprint density at radius 3 is 2.41 bits per heavy atom. The summed E-state index contributed by atoms with van der Waals surface area (Å²) in [5, 5.41) is 10.1. The molecule has 0 spiro atoms. The number of hydrogen-bond donors (Lipinski definition) is 1. The van der Waals surface area contributed by atoms with Gasteiger partial charge in [0.15, 0.2) is 0 Å². The second-order valence-electron chi connectivity index (χ2n) is 8.13. The average molecular weight is 428 g/mol. The van der Waals surface area contributed by atoms with Crippen LogP contribution < -0.4 is 9.64 Å². The minimum atomic E-state index is -0.317. The number of ether oxygens (including phenoxy) is 1. The average Bonchev–Trinajstić information content (AvgIpc) is 2.84. The standard InChI is InChI=1S/C26H24N2O4/c1-32-19-11-7-10-18(14-19)25(30)27-15-22-24(20-12-5-6-13-21(20)27)23(16-29)28(22)26(31)17-8-3-2-4-9-17/h2-14,22-24,29H,15-16H2,1H3/t22-,23-,24+/m0/s1. The molecule has 6 heteroatoms. The van der Waals surface area contributed by atoms with Gasteiger partial charge in [0.25, 0.3) is 11.8 Å².